The van der Waals surface area contributed by atoms with Crippen molar-refractivity contribution in [2.24, 2.45) is 0 Å². The first-order valence-corrected chi connectivity index (χ1v) is 9.06. The highest BCUT2D eigenvalue weighted by molar-refractivity contribution is 5.97. The number of ether oxygens (including phenoxy) is 1. The molecule has 2 aromatic carbocycles. The quantitative estimate of drug-likeness (QED) is 0.448. The van der Waals surface area contributed by atoms with E-state index in [0.29, 0.717) is 12.2 Å². The molecule has 8 heteroatoms. The highest BCUT2D eigenvalue weighted by atomic mass is 16.6. The van der Waals surface area contributed by atoms with E-state index < -0.39 is 23.4 Å². The van der Waals surface area contributed by atoms with Crippen molar-refractivity contribution in [1.29, 1.82) is 0 Å². The van der Waals surface area contributed by atoms with Crippen LogP contribution in [0.4, 0.5) is 11.4 Å². The maximum absolute atomic E-state index is 12.5. The van der Waals surface area contributed by atoms with E-state index in [-0.39, 0.29) is 11.3 Å². The molecule has 0 unspecified atom stereocenters. The van der Waals surface area contributed by atoms with Gasteiger partial charge in [-0.05, 0) is 24.5 Å². The summed E-state index contributed by atoms with van der Waals surface area (Å²) in [5, 5.41) is 13.7. The lowest BCUT2D eigenvalue weighted by molar-refractivity contribution is -0.384. The maximum Gasteiger partial charge on any atom is 0.341 e. The summed E-state index contributed by atoms with van der Waals surface area (Å²) >= 11 is 0. The molecule has 0 radical (unpaired) electrons. The predicted octanol–water partition coefficient (Wildman–Crippen LogP) is 2.67. The van der Waals surface area contributed by atoms with Crippen LogP contribution in [0, 0.1) is 10.1 Å². The summed E-state index contributed by atoms with van der Waals surface area (Å²) in [5.74, 6) is -1.19. The van der Waals surface area contributed by atoms with Crippen LogP contribution in [-0.4, -0.2) is 36.5 Å². The van der Waals surface area contributed by atoms with Gasteiger partial charge in [0.2, 0.25) is 0 Å². The van der Waals surface area contributed by atoms with Gasteiger partial charge in [0.25, 0.3) is 11.6 Å². The van der Waals surface area contributed by atoms with Gasteiger partial charge in [-0.3, -0.25) is 14.9 Å². The van der Waals surface area contributed by atoms with E-state index in [2.05, 4.69) is 5.32 Å². The lowest BCUT2D eigenvalue weighted by atomic mass is 10.1. The van der Waals surface area contributed by atoms with Gasteiger partial charge < -0.3 is 15.0 Å². The number of carbonyl (C=O) groups excluding carboxylic acids is 2. The number of nitro groups is 1. The van der Waals surface area contributed by atoms with Gasteiger partial charge in [0.05, 0.1) is 16.2 Å². The minimum atomic E-state index is -0.750. The summed E-state index contributed by atoms with van der Waals surface area (Å²) in [6, 6.07) is 13.5. The van der Waals surface area contributed by atoms with Crippen molar-refractivity contribution in [1.82, 2.24) is 5.32 Å². The number of non-ortho nitro benzene ring substituents is 1. The van der Waals surface area contributed by atoms with E-state index in [9.17, 15) is 19.7 Å². The Hall–Kier alpha value is -3.42. The third-order valence-corrected chi connectivity index (χ3v) is 4.52. The van der Waals surface area contributed by atoms with Crippen LogP contribution in [0.3, 0.4) is 0 Å². The Labute approximate surface area is 162 Å². The highest BCUT2D eigenvalue weighted by Gasteiger charge is 2.24. The van der Waals surface area contributed by atoms with Crippen molar-refractivity contribution in [3.8, 4) is 0 Å². The Morgan fingerprint density at radius 2 is 1.82 bits per heavy atom. The van der Waals surface area contributed by atoms with E-state index in [1.165, 1.54) is 12.1 Å². The molecule has 0 bridgehead atoms. The number of benzene rings is 2. The molecule has 28 heavy (non-hydrogen) atoms. The Morgan fingerprint density at radius 3 is 2.50 bits per heavy atom. The molecule has 0 atom stereocenters. The van der Waals surface area contributed by atoms with Crippen molar-refractivity contribution in [2.75, 3.05) is 24.6 Å². The molecule has 1 saturated heterocycles. The number of esters is 1. The smallest absolute Gasteiger partial charge is 0.341 e. The fourth-order valence-electron chi connectivity index (χ4n) is 3.09. The minimum Gasteiger partial charge on any atom is -0.452 e. The maximum atomic E-state index is 12.5. The van der Waals surface area contributed by atoms with Crippen LogP contribution in [0.5, 0.6) is 0 Å². The first kappa shape index (κ1) is 19.3. The molecule has 1 fully saturated rings. The van der Waals surface area contributed by atoms with Crippen LogP contribution in [0.25, 0.3) is 0 Å². The fraction of sp³-hybridized carbons (Fsp3) is 0.300. The van der Waals surface area contributed by atoms with Gasteiger partial charge in [0.1, 0.15) is 0 Å². The second-order valence-electron chi connectivity index (χ2n) is 6.49. The van der Waals surface area contributed by atoms with Gasteiger partial charge in [0.15, 0.2) is 6.61 Å². The zero-order valence-electron chi connectivity index (χ0n) is 15.3. The van der Waals surface area contributed by atoms with E-state index in [1.807, 2.05) is 35.2 Å². The Balaban J connectivity index is 1.64. The molecular weight excluding hydrogens is 362 g/mol. The number of anilines is 1. The van der Waals surface area contributed by atoms with Crippen LogP contribution in [-0.2, 0) is 16.1 Å². The average Bonchev–Trinajstić information content (AvgIpc) is 3.25. The third-order valence-electron chi connectivity index (χ3n) is 4.52. The summed E-state index contributed by atoms with van der Waals surface area (Å²) in [5.41, 5.74) is 1.44. The Morgan fingerprint density at radius 1 is 1.11 bits per heavy atom. The van der Waals surface area contributed by atoms with Crippen molar-refractivity contribution in [3.05, 3.63) is 69.8 Å². The summed E-state index contributed by atoms with van der Waals surface area (Å²) in [6.07, 6.45) is 1.99. The molecule has 1 aliphatic heterocycles. The molecule has 1 aliphatic rings. The topological polar surface area (TPSA) is 102 Å². The minimum absolute atomic E-state index is 0.104. The second kappa shape index (κ2) is 8.98. The van der Waals surface area contributed by atoms with E-state index in [0.717, 1.165) is 31.5 Å². The fourth-order valence-corrected chi connectivity index (χ4v) is 3.09. The molecule has 1 amide bonds. The number of carbonyl (C=O) groups is 2. The molecule has 146 valence electrons. The molecule has 0 aromatic heterocycles. The molecule has 0 saturated carbocycles. The van der Waals surface area contributed by atoms with Gasteiger partial charge in [0, 0.05) is 31.8 Å². The average molecular weight is 383 g/mol. The standard InChI is InChI=1S/C20H21N3O5/c24-19(21-13-15-6-2-1-3-7-15)14-28-20(25)17-12-16(23(26)27)8-9-18(17)22-10-4-5-11-22/h1-3,6-9,12H,4-5,10-11,13-14H2,(H,21,24). The number of nitrogens with one attached hydrogen (secondary N) is 1. The van der Waals surface area contributed by atoms with Crippen LogP contribution < -0.4 is 10.2 Å². The SMILES string of the molecule is O=C(COC(=O)c1cc([N+](=O)[O-])ccc1N1CCCC1)NCc1ccccc1. The van der Waals surface area contributed by atoms with Crippen molar-refractivity contribution in [2.45, 2.75) is 19.4 Å². The molecule has 0 spiro atoms. The summed E-state index contributed by atoms with van der Waals surface area (Å²) in [4.78, 5) is 37.0. The highest BCUT2D eigenvalue weighted by Crippen LogP contribution is 2.28. The number of hydrogen-bond acceptors (Lipinski definition) is 6. The molecule has 1 N–H and O–H groups in total. The van der Waals surface area contributed by atoms with Crippen LogP contribution in [0.2, 0.25) is 0 Å². The summed E-state index contributed by atoms with van der Waals surface area (Å²) < 4.78 is 5.11. The molecule has 1 heterocycles. The monoisotopic (exact) mass is 383 g/mol. The lowest BCUT2D eigenvalue weighted by Gasteiger charge is -2.20. The van der Waals surface area contributed by atoms with Gasteiger partial charge >= 0.3 is 5.97 Å². The molecule has 0 aliphatic carbocycles. The Kier molecular flexibility index (Phi) is 6.21. The number of nitrogens with zero attached hydrogens (tertiary/aromatic N) is 2. The Bertz CT molecular complexity index is 863. The molecule has 8 nitrogen and oxygen atoms in total. The van der Waals surface area contributed by atoms with Crippen molar-refractivity contribution in [3.63, 3.8) is 0 Å². The van der Waals surface area contributed by atoms with Crippen molar-refractivity contribution < 1.29 is 19.2 Å². The first-order chi connectivity index (χ1) is 13.5. The van der Waals surface area contributed by atoms with E-state index in [1.54, 1.807) is 6.07 Å². The van der Waals surface area contributed by atoms with Crippen LogP contribution in [0.1, 0.15) is 28.8 Å². The van der Waals surface area contributed by atoms with Gasteiger partial charge in [-0.2, -0.15) is 0 Å². The molecule has 2 aromatic rings. The summed E-state index contributed by atoms with van der Waals surface area (Å²) in [6.45, 7) is 1.42. The zero-order chi connectivity index (χ0) is 19.9. The van der Waals surface area contributed by atoms with Crippen LogP contribution >= 0.6 is 0 Å². The van der Waals surface area contributed by atoms with Gasteiger partial charge in [-0.25, -0.2) is 4.79 Å². The molecule has 3 rings (SSSR count). The first-order valence-electron chi connectivity index (χ1n) is 9.06. The van der Waals surface area contributed by atoms with Gasteiger partial charge in [-0.1, -0.05) is 30.3 Å². The summed E-state index contributed by atoms with van der Waals surface area (Å²) in [7, 11) is 0. The van der Waals surface area contributed by atoms with E-state index >= 15 is 0 Å². The number of amides is 1. The second-order valence-corrected chi connectivity index (χ2v) is 6.49. The third kappa shape index (κ3) is 4.85. The zero-order valence-corrected chi connectivity index (χ0v) is 15.3. The largest absolute Gasteiger partial charge is 0.452 e. The van der Waals surface area contributed by atoms with E-state index in [4.69, 9.17) is 4.74 Å². The predicted molar refractivity (Wildman–Crippen MR) is 103 cm³/mol. The van der Waals surface area contributed by atoms with Crippen LogP contribution in [0.15, 0.2) is 48.5 Å². The lowest BCUT2D eigenvalue weighted by Crippen LogP contribution is -2.29. The van der Waals surface area contributed by atoms with Crippen molar-refractivity contribution >= 4 is 23.3 Å². The number of nitro benzene ring substituents is 1. The number of hydrogen-bond donors (Lipinski definition) is 1. The molecular formula is C20H21N3O5. The van der Waals surface area contributed by atoms with Gasteiger partial charge in [-0.15, -0.1) is 0 Å². The number of rotatable bonds is 7. The normalized spacial score (nSPS) is 13.2.